The van der Waals surface area contributed by atoms with Crippen LogP contribution < -0.4 is 0 Å². The molecule has 13 heavy (non-hydrogen) atoms. The summed E-state index contributed by atoms with van der Waals surface area (Å²) in [5.41, 5.74) is 0.810. The van der Waals surface area contributed by atoms with Crippen LogP contribution in [0.15, 0.2) is 22.7 Å². The van der Waals surface area contributed by atoms with E-state index in [2.05, 4.69) is 38.5 Å². The summed E-state index contributed by atoms with van der Waals surface area (Å²) in [6.07, 6.45) is 0. The van der Waals surface area contributed by atoms with E-state index in [1.54, 1.807) is 0 Å². The quantitative estimate of drug-likeness (QED) is 0.583. The van der Waals surface area contributed by atoms with E-state index in [9.17, 15) is 4.79 Å². The number of rotatable bonds is 2. The lowest BCUT2D eigenvalue weighted by Gasteiger charge is -2.06. The molecule has 1 aromatic rings. The molecule has 0 radical (unpaired) electrons. The zero-order chi connectivity index (χ0) is 10.0. The molecule has 0 saturated heterocycles. The number of carbonyl (C=O) groups is 1. The van der Waals surface area contributed by atoms with Crippen LogP contribution in [0.25, 0.3) is 0 Å². The van der Waals surface area contributed by atoms with E-state index in [4.69, 9.17) is 0 Å². The fourth-order valence-corrected chi connectivity index (χ4v) is 1.96. The summed E-state index contributed by atoms with van der Waals surface area (Å²) in [5.74, 6) is 0.258. The average Bonchev–Trinajstić information content (AvgIpc) is 2.08. The molecule has 70 valence electrons. The minimum Gasteiger partial charge on any atom is -0.294 e. The molecule has 0 amide bonds. The van der Waals surface area contributed by atoms with E-state index in [0.29, 0.717) is 0 Å². The van der Waals surface area contributed by atoms with Gasteiger partial charge in [0.15, 0.2) is 5.78 Å². The van der Waals surface area contributed by atoms with E-state index >= 15 is 0 Å². The first-order chi connectivity index (χ1) is 6.02. The van der Waals surface area contributed by atoms with Crippen molar-refractivity contribution in [3.05, 3.63) is 31.8 Å². The summed E-state index contributed by atoms with van der Waals surface area (Å²) in [7, 11) is 0. The molecule has 0 aliphatic heterocycles. The Balaban J connectivity index is 3.13. The number of hydrogen-bond donors (Lipinski definition) is 0. The monoisotopic (exact) mass is 352 g/mol. The Morgan fingerprint density at radius 2 is 2.08 bits per heavy atom. The summed E-state index contributed by atoms with van der Waals surface area (Å²) < 4.78 is 1.97. The van der Waals surface area contributed by atoms with Gasteiger partial charge in [0, 0.05) is 19.5 Å². The Morgan fingerprint density at radius 3 is 2.62 bits per heavy atom. The van der Waals surface area contributed by atoms with E-state index < -0.39 is 0 Å². The van der Waals surface area contributed by atoms with Gasteiger partial charge in [-0.1, -0.05) is 29.8 Å². The van der Waals surface area contributed by atoms with Crippen molar-refractivity contribution in [1.82, 2.24) is 0 Å². The highest BCUT2D eigenvalue weighted by Gasteiger charge is 2.13. The molecule has 3 heteroatoms. The SMILES string of the molecule is CC(C)C(=O)c1cc(Br)ccc1I. The summed E-state index contributed by atoms with van der Waals surface area (Å²) in [4.78, 5) is 11.7. The molecule has 1 aromatic carbocycles. The van der Waals surface area contributed by atoms with Crippen molar-refractivity contribution < 1.29 is 4.79 Å². The summed E-state index contributed by atoms with van der Waals surface area (Å²) >= 11 is 5.54. The Labute approximate surface area is 100 Å². The van der Waals surface area contributed by atoms with Crippen LogP contribution in [0.3, 0.4) is 0 Å². The standard InChI is InChI=1S/C10H10BrIO/c1-6(2)10(13)8-5-7(11)3-4-9(8)12/h3-6H,1-2H3. The van der Waals surface area contributed by atoms with Gasteiger partial charge in [-0.05, 0) is 40.8 Å². The molecule has 1 nitrogen and oxygen atoms in total. The molecular weight excluding hydrogens is 343 g/mol. The van der Waals surface area contributed by atoms with Crippen LogP contribution in [0.5, 0.6) is 0 Å². The molecule has 0 unspecified atom stereocenters. The maximum absolute atomic E-state index is 11.7. The molecule has 1 rings (SSSR count). The van der Waals surface area contributed by atoms with Crippen molar-refractivity contribution in [2.24, 2.45) is 5.92 Å². The maximum atomic E-state index is 11.7. The molecule has 0 N–H and O–H groups in total. The molecule has 0 fully saturated rings. The van der Waals surface area contributed by atoms with Gasteiger partial charge >= 0.3 is 0 Å². The summed E-state index contributed by atoms with van der Waals surface area (Å²) in [5, 5.41) is 0. The summed E-state index contributed by atoms with van der Waals surface area (Å²) in [6.45, 7) is 3.83. The number of ketones is 1. The molecule has 0 aliphatic rings. The zero-order valence-corrected chi connectivity index (χ0v) is 11.2. The van der Waals surface area contributed by atoms with Gasteiger partial charge in [-0.25, -0.2) is 0 Å². The van der Waals surface area contributed by atoms with Crippen molar-refractivity contribution in [3.63, 3.8) is 0 Å². The number of Topliss-reactive ketones (excluding diaryl/α,β-unsaturated/α-hetero) is 1. The smallest absolute Gasteiger partial charge is 0.166 e. The van der Waals surface area contributed by atoms with E-state index in [0.717, 1.165) is 13.6 Å². The molecule has 0 bridgehead atoms. The first-order valence-electron chi connectivity index (χ1n) is 4.01. The second-order valence-electron chi connectivity index (χ2n) is 3.14. The highest BCUT2D eigenvalue weighted by molar-refractivity contribution is 14.1. The van der Waals surface area contributed by atoms with Crippen LogP contribution in [0.1, 0.15) is 24.2 Å². The topological polar surface area (TPSA) is 17.1 Å². The van der Waals surface area contributed by atoms with Crippen molar-refractivity contribution in [1.29, 1.82) is 0 Å². The molecule has 0 aromatic heterocycles. The van der Waals surface area contributed by atoms with Crippen molar-refractivity contribution in [2.75, 3.05) is 0 Å². The highest BCUT2D eigenvalue weighted by Crippen LogP contribution is 2.20. The largest absolute Gasteiger partial charge is 0.294 e. The number of halogens is 2. The van der Waals surface area contributed by atoms with Gasteiger partial charge in [-0.3, -0.25) is 4.79 Å². The second-order valence-corrected chi connectivity index (χ2v) is 5.22. The van der Waals surface area contributed by atoms with Crippen molar-refractivity contribution in [2.45, 2.75) is 13.8 Å². The van der Waals surface area contributed by atoms with Crippen molar-refractivity contribution in [3.8, 4) is 0 Å². The Morgan fingerprint density at radius 1 is 1.46 bits per heavy atom. The van der Waals surface area contributed by atoms with Gasteiger partial charge in [-0.2, -0.15) is 0 Å². The summed E-state index contributed by atoms with van der Waals surface area (Å²) in [6, 6.07) is 5.77. The molecular formula is C10H10BrIO. The fourth-order valence-electron chi connectivity index (χ4n) is 0.997. The van der Waals surface area contributed by atoms with Gasteiger partial charge < -0.3 is 0 Å². The number of hydrogen-bond acceptors (Lipinski definition) is 1. The molecule has 0 saturated carbocycles. The average molecular weight is 353 g/mol. The van der Waals surface area contributed by atoms with E-state index in [1.165, 1.54) is 0 Å². The number of carbonyl (C=O) groups excluding carboxylic acids is 1. The molecule has 0 heterocycles. The third kappa shape index (κ3) is 2.77. The highest BCUT2D eigenvalue weighted by atomic mass is 127. The second kappa shape index (κ2) is 4.55. The normalized spacial score (nSPS) is 10.5. The Hall–Kier alpha value is 0.1000. The van der Waals surface area contributed by atoms with Crippen LogP contribution in [0.4, 0.5) is 0 Å². The van der Waals surface area contributed by atoms with E-state index in [-0.39, 0.29) is 11.7 Å². The van der Waals surface area contributed by atoms with Crippen LogP contribution in [-0.2, 0) is 0 Å². The lowest BCUT2D eigenvalue weighted by atomic mass is 10.0. The van der Waals surface area contributed by atoms with Crippen LogP contribution >= 0.6 is 38.5 Å². The third-order valence-electron chi connectivity index (χ3n) is 1.72. The van der Waals surface area contributed by atoms with Crippen molar-refractivity contribution >= 4 is 44.3 Å². The van der Waals surface area contributed by atoms with Gasteiger partial charge in [0.2, 0.25) is 0 Å². The fraction of sp³-hybridized carbons (Fsp3) is 0.300. The number of benzene rings is 1. The van der Waals surface area contributed by atoms with Gasteiger partial charge in [-0.15, -0.1) is 0 Å². The molecule has 0 aliphatic carbocycles. The molecule has 0 atom stereocenters. The predicted octanol–water partition coefficient (Wildman–Crippen LogP) is 3.89. The van der Waals surface area contributed by atoms with E-state index in [1.807, 2.05) is 32.0 Å². The third-order valence-corrected chi connectivity index (χ3v) is 3.15. The molecule has 0 spiro atoms. The predicted molar refractivity (Wildman–Crippen MR) is 66.0 cm³/mol. The van der Waals surface area contributed by atoms with Gasteiger partial charge in [0.25, 0.3) is 0 Å². The lowest BCUT2D eigenvalue weighted by molar-refractivity contribution is 0.0938. The van der Waals surface area contributed by atoms with Crippen LogP contribution in [0.2, 0.25) is 0 Å². The van der Waals surface area contributed by atoms with Crippen LogP contribution in [-0.4, -0.2) is 5.78 Å². The maximum Gasteiger partial charge on any atom is 0.166 e. The van der Waals surface area contributed by atoms with Crippen LogP contribution in [0, 0.1) is 9.49 Å². The minimum atomic E-state index is 0.0582. The lowest BCUT2D eigenvalue weighted by Crippen LogP contribution is -2.09. The Kier molecular flexibility index (Phi) is 3.91. The first-order valence-corrected chi connectivity index (χ1v) is 5.89. The Bertz CT molecular complexity index is 334. The minimum absolute atomic E-state index is 0.0582. The van der Waals surface area contributed by atoms with Gasteiger partial charge in [0.1, 0.15) is 0 Å². The zero-order valence-electron chi connectivity index (χ0n) is 7.47. The first kappa shape index (κ1) is 11.2. The van der Waals surface area contributed by atoms with Gasteiger partial charge in [0.05, 0.1) is 0 Å².